The van der Waals surface area contributed by atoms with E-state index in [1.807, 2.05) is 0 Å². The summed E-state index contributed by atoms with van der Waals surface area (Å²) in [5, 5.41) is 8.38. The van der Waals surface area contributed by atoms with Crippen LogP contribution >= 0.6 is 0 Å². The number of nitrogens with zero attached hydrogens (tertiary/aromatic N) is 2. The van der Waals surface area contributed by atoms with E-state index in [9.17, 15) is 0 Å². The van der Waals surface area contributed by atoms with Crippen molar-refractivity contribution in [3.05, 3.63) is 17.5 Å². The molecular formula is C18H33N3. The Bertz CT molecular complexity index is 405. The Kier molecular flexibility index (Phi) is 6.75. The monoisotopic (exact) mass is 291 g/mol. The first-order valence-electron chi connectivity index (χ1n) is 8.98. The smallest absolute Gasteiger partial charge is 0.0624 e. The topological polar surface area (TPSA) is 29.9 Å². The van der Waals surface area contributed by atoms with E-state index in [-0.39, 0.29) is 0 Å². The van der Waals surface area contributed by atoms with Crippen molar-refractivity contribution in [2.75, 3.05) is 6.54 Å². The summed E-state index contributed by atoms with van der Waals surface area (Å²) in [6, 6.07) is 2.91. The molecule has 1 aliphatic rings. The van der Waals surface area contributed by atoms with Gasteiger partial charge in [-0.15, -0.1) is 0 Å². The maximum Gasteiger partial charge on any atom is 0.0624 e. The molecule has 3 heteroatoms. The van der Waals surface area contributed by atoms with E-state index in [0.29, 0.717) is 6.04 Å². The second kappa shape index (κ2) is 8.57. The molecular weight excluding hydrogens is 258 g/mol. The van der Waals surface area contributed by atoms with Gasteiger partial charge < -0.3 is 5.32 Å². The average Bonchev–Trinajstić information content (AvgIpc) is 2.86. The van der Waals surface area contributed by atoms with Crippen LogP contribution in [0.2, 0.25) is 0 Å². The highest BCUT2D eigenvalue weighted by Gasteiger charge is 2.20. The van der Waals surface area contributed by atoms with Crippen LogP contribution in [0.15, 0.2) is 6.07 Å². The first-order chi connectivity index (χ1) is 10.2. The van der Waals surface area contributed by atoms with Crippen molar-refractivity contribution in [2.24, 2.45) is 13.0 Å². The summed E-state index contributed by atoms with van der Waals surface area (Å²) in [7, 11) is 2.09. The van der Waals surface area contributed by atoms with Gasteiger partial charge in [0.15, 0.2) is 0 Å². The lowest BCUT2D eigenvalue weighted by Crippen LogP contribution is -2.34. The normalized spacial score (nSPS) is 18.0. The summed E-state index contributed by atoms with van der Waals surface area (Å²) < 4.78 is 2.08. The summed E-state index contributed by atoms with van der Waals surface area (Å²) in [6.07, 6.45) is 11.9. The Balaban J connectivity index is 1.95. The van der Waals surface area contributed by atoms with E-state index in [1.54, 1.807) is 0 Å². The van der Waals surface area contributed by atoms with Crippen LogP contribution in [0.4, 0.5) is 0 Å². The zero-order valence-corrected chi connectivity index (χ0v) is 14.2. The van der Waals surface area contributed by atoms with Crippen molar-refractivity contribution in [2.45, 2.75) is 77.7 Å². The highest BCUT2D eigenvalue weighted by atomic mass is 15.3. The molecule has 120 valence electrons. The van der Waals surface area contributed by atoms with Crippen molar-refractivity contribution in [1.82, 2.24) is 15.1 Å². The van der Waals surface area contributed by atoms with Crippen LogP contribution in [0.25, 0.3) is 0 Å². The fraction of sp³-hybridized carbons (Fsp3) is 0.833. The molecule has 0 spiro atoms. The number of hydrogen-bond acceptors (Lipinski definition) is 2. The van der Waals surface area contributed by atoms with Gasteiger partial charge in [0.05, 0.1) is 5.69 Å². The van der Waals surface area contributed by atoms with Crippen molar-refractivity contribution in [3.63, 3.8) is 0 Å². The van der Waals surface area contributed by atoms with Crippen LogP contribution in [-0.4, -0.2) is 22.4 Å². The van der Waals surface area contributed by atoms with Gasteiger partial charge in [0.2, 0.25) is 0 Å². The van der Waals surface area contributed by atoms with Crippen LogP contribution < -0.4 is 5.32 Å². The molecule has 1 N–H and O–H groups in total. The molecule has 0 saturated heterocycles. The molecule has 1 aromatic heterocycles. The van der Waals surface area contributed by atoms with Gasteiger partial charge in [-0.1, -0.05) is 46.0 Å². The number of hydrogen-bond donors (Lipinski definition) is 1. The minimum atomic E-state index is 0.619. The summed E-state index contributed by atoms with van der Waals surface area (Å²) in [6.45, 7) is 5.57. The summed E-state index contributed by atoms with van der Waals surface area (Å²) in [5.74, 6) is 0.937. The van der Waals surface area contributed by atoms with Crippen LogP contribution in [0, 0.1) is 5.92 Å². The molecule has 0 bridgehead atoms. The molecule has 1 unspecified atom stereocenters. The third kappa shape index (κ3) is 5.14. The minimum Gasteiger partial charge on any atom is -0.314 e. The molecule has 1 aliphatic carbocycles. The van der Waals surface area contributed by atoms with Gasteiger partial charge in [-0.2, -0.15) is 5.10 Å². The van der Waals surface area contributed by atoms with Crippen molar-refractivity contribution in [3.8, 4) is 0 Å². The van der Waals surface area contributed by atoms with Gasteiger partial charge in [0.25, 0.3) is 0 Å². The third-order valence-electron chi connectivity index (χ3n) is 4.87. The van der Waals surface area contributed by atoms with Gasteiger partial charge in [0, 0.05) is 25.2 Å². The second-order valence-corrected chi connectivity index (χ2v) is 6.70. The fourth-order valence-electron chi connectivity index (χ4n) is 3.60. The van der Waals surface area contributed by atoms with Gasteiger partial charge >= 0.3 is 0 Å². The molecule has 1 atom stereocenters. The Labute approximate surface area is 130 Å². The van der Waals surface area contributed by atoms with Crippen LogP contribution in [-0.2, 0) is 19.9 Å². The van der Waals surface area contributed by atoms with E-state index < -0.39 is 0 Å². The standard InChI is InChI=1S/C18H33N3/c1-4-11-19-17(12-15-9-7-6-8-10-15)14-18-13-16(5-2)20-21(18)3/h13,15,17,19H,4-12,14H2,1-3H3. The molecule has 1 fully saturated rings. The number of aryl methyl sites for hydroxylation is 2. The second-order valence-electron chi connectivity index (χ2n) is 6.70. The van der Waals surface area contributed by atoms with Crippen molar-refractivity contribution < 1.29 is 0 Å². The van der Waals surface area contributed by atoms with Gasteiger partial charge in [-0.05, 0) is 37.8 Å². The lowest BCUT2D eigenvalue weighted by molar-refractivity contribution is 0.295. The molecule has 0 aromatic carbocycles. The maximum absolute atomic E-state index is 4.60. The first-order valence-corrected chi connectivity index (χ1v) is 8.98. The number of rotatable bonds is 8. The molecule has 0 radical (unpaired) electrons. The Morgan fingerprint density at radius 2 is 2.05 bits per heavy atom. The molecule has 3 nitrogen and oxygen atoms in total. The summed E-state index contributed by atoms with van der Waals surface area (Å²) in [4.78, 5) is 0. The lowest BCUT2D eigenvalue weighted by atomic mass is 9.84. The van der Waals surface area contributed by atoms with Crippen LogP contribution in [0.5, 0.6) is 0 Å². The number of aromatic nitrogens is 2. The lowest BCUT2D eigenvalue weighted by Gasteiger charge is -2.27. The van der Waals surface area contributed by atoms with E-state index >= 15 is 0 Å². The summed E-state index contributed by atoms with van der Waals surface area (Å²) in [5.41, 5.74) is 2.61. The molecule has 2 rings (SSSR count). The zero-order valence-electron chi connectivity index (χ0n) is 14.2. The van der Waals surface area contributed by atoms with Crippen molar-refractivity contribution in [1.29, 1.82) is 0 Å². The largest absolute Gasteiger partial charge is 0.314 e. The minimum absolute atomic E-state index is 0.619. The predicted molar refractivity (Wildman–Crippen MR) is 89.6 cm³/mol. The third-order valence-corrected chi connectivity index (χ3v) is 4.87. The van der Waals surface area contributed by atoms with Gasteiger partial charge in [-0.25, -0.2) is 0 Å². The first kappa shape index (κ1) is 16.5. The molecule has 1 saturated carbocycles. The SMILES string of the molecule is CCCNC(Cc1cc(CC)nn1C)CC1CCCCC1. The van der Waals surface area contributed by atoms with E-state index in [2.05, 4.69) is 42.1 Å². The Morgan fingerprint density at radius 1 is 1.29 bits per heavy atom. The fourth-order valence-corrected chi connectivity index (χ4v) is 3.60. The molecule has 1 heterocycles. The van der Waals surface area contributed by atoms with Gasteiger partial charge in [-0.3, -0.25) is 4.68 Å². The highest BCUT2D eigenvalue weighted by molar-refractivity contribution is 5.11. The van der Waals surface area contributed by atoms with Crippen molar-refractivity contribution >= 4 is 0 Å². The number of nitrogens with one attached hydrogen (secondary N) is 1. The van der Waals surface area contributed by atoms with Crippen LogP contribution in [0.3, 0.4) is 0 Å². The summed E-state index contributed by atoms with van der Waals surface area (Å²) >= 11 is 0. The van der Waals surface area contributed by atoms with Gasteiger partial charge in [0.1, 0.15) is 0 Å². The van der Waals surface area contributed by atoms with E-state index in [1.165, 1.54) is 56.3 Å². The Hall–Kier alpha value is -0.830. The molecule has 1 aromatic rings. The van der Waals surface area contributed by atoms with E-state index in [4.69, 9.17) is 0 Å². The quantitative estimate of drug-likeness (QED) is 0.788. The zero-order chi connectivity index (χ0) is 15.1. The average molecular weight is 291 g/mol. The maximum atomic E-state index is 4.60. The molecule has 0 amide bonds. The molecule has 0 aliphatic heterocycles. The van der Waals surface area contributed by atoms with Crippen LogP contribution in [0.1, 0.15) is 70.2 Å². The highest BCUT2D eigenvalue weighted by Crippen LogP contribution is 2.28. The predicted octanol–water partition coefficient (Wildman–Crippen LogP) is 3.86. The molecule has 21 heavy (non-hydrogen) atoms. The van der Waals surface area contributed by atoms with E-state index in [0.717, 1.165) is 25.3 Å². The Morgan fingerprint density at radius 3 is 2.67 bits per heavy atom.